The molecule has 1 unspecified atom stereocenters. The number of thioether (sulfide) groups is 1. The third-order valence-electron chi connectivity index (χ3n) is 9.48. The van der Waals surface area contributed by atoms with Crippen LogP contribution in [-0.2, 0) is 10.8 Å². The van der Waals surface area contributed by atoms with Crippen LogP contribution in [0.2, 0.25) is 0 Å². The fourth-order valence-electron chi connectivity index (χ4n) is 7.97. The van der Waals surface area contributed by atoms with Crippen LogP contribution in [0.1, 0.15) is 52.3 Å². The fourth-order valence-corrected chi connectivity index (χ4v) is 10.4. The molecule has 0 nitrogen and oxygen atoms in total. The standard InChI is InChI=1S/C37H26S2/c1-23-22-36(18-19-38-33-15-7-4-12-28(33)36)31-21-26-24-10-2-3-11-27(24)37(32(26)20-25(23)31)29-13-5-8-16-34(29)39-35-17-9-6-14-30(35)37/h2-17,20-22H,18-19H2,1H3. The SMILES string of the molecule is CC1=CC2(CCSc3ccccc32)c2cc3c(cc21)C1(c2ccccc2Sc2ccccc21)c1ccccc1-3. The molecule has 2 aliphatic carbocycles. The van der Waals surface area contributed by atoms with Gasteiger partial charge in [0.2, 0.25) is 0 Å². The molecule has 5 aromatic rings. The van der Waals surface area contributed by atoms with Gasteiger partial charge >= 0.3 is 0 Å². The van der Waals surface area contributed by atoms with E-state index in [4.69, 9.17) is 0 Å². The molecule has 0 fully saturated rings. The number of fused-ring (bicyclic) bond motifs is 13. The molecule has 0 aromatic heterocycles. The average Bonchev–Trinajstić information content (AvgIpc) is 3.42. The third-order valence-corrected chi connectivity index (χ3v) is 11.7. The molecule has 39 heavy (non-hydrogen) atoms. The third kappa shape index (κ3) is 2.69. The van der Waals surface area contributed by atoms with Crippen molar-refractivity contribution in [3.8, 4) is 11.1 Å². The molecule has 2 spiro atoms. The van der Waals surface area contributed by atoms with Crippen LogP contribution in [0.15, 0.2) is 130 Å². The van der Waals surface area contributed by atoms with Crippen molar-refractivity contribution in [2.75, 3.05) is 5.75 Å². The number of allylic oxidation sites excluding steroid dienone is 2. The highest BCUT2D eigenvalue weighted by Gasteiger charge is 2.52. The van der Waals surface area contributed by atoms with Crippen LogP contribution in [-0.4, -0.2) is 5.75 Å². The Bertz CT molecular complexity index is 1850. The molecule has 5 aromatic carbocycles. The Morgan fingerprint density at radius 2 is 1.13 bits per heavy atom. The van der Waals surface area contributed by atoms with Crippen molar-refractivity contribution in [2.24, 2.45) is 0 Å². The molecule has 9 rings (SSSR count). The molecule has 0 saturated carbocycles. The van der Waals surface area contributed by atoms with Gasteiger partial charge in [0, 0.05) is 20.1 Å². The van der Waals surface area contributed by atoms with E-state index in [0.29, 0.717) is 0 Å². The summed E-state index contributed by atoms with van der Waals surface area (Å²) in [6, 6.07) is 41.6. The number of hydrogen-bond donors (Lipinski definition) is 0. The van der Waals surface area contributed by atoms with Gasteiger partial charge in [-0.2, -0.15) is 0 Å². The van der Waals surface area contributed by atoms with Gasteiger partial charge in [-0.3, -0.25) is 0 Å². The van der Waals surface area contributed by atoms with Gasteiger partial charge in [-0.05, 0) is 105 Å². The highest BCUT2D eigenvalue weighted by Crippen LogP contribution is 2.64. The molecule has 0 bridgehead atoms. The van der Waals surface area contributed by atoms with Crippen molar-refractivity contribution < 1.29 is 0 Å². The van der Waals surface area contributed by atoms with Crippen molar-refractivity contribution in [2.45, 2.75) is 38.9 Å². The summed E-state index contributed by atoms with van der Waals surface area (Å²) >= 11 is 3.92. The molecule has 2 heterocycles. The Morgan fingerprint density at radius 3 is 1.87 bits per heavy atom. The van der Waals surface area contributed by atoms with E-state index in [9.17, 15) is 0 Å². The minimum Gasteiger partial charge on any atom is -0.126 e. The first-order valence-corrected chi connectivity index (χ1v) is 15.6. The van der Waals surface area contributed by atoms with Crippen molar-refractivity contribution in [1.29, 1.82) is 0 Å². The molecule has 1 atom stereocenters. The van der Waals surface area contributed by atoms with E-state index in [0.717, 1.165) is 12.2 Å². The molecule has 4 aliphatic rings. The van der Waals surface area contributed by atoms with Crippen molar-refractivity contribution in [1.82, 2.24) is 0 Å². The van der Waals surface area contributed by atoms with Gasteiger partial charge in [-0.25, -0.2) is 0 Å². The van der Waals surface area contributed by atoms with E-state index in [1.165, 1.54) is 70.3 Å². The topological polar surface area (TPSA) is 0 Å². The van der Waals surface area contributed by atoms with Crippen LogP contribution in [0.5, 0.6) is 0 Å². The Morgan fingerprint density at radius 1 is 0.538 bits per heavy atom. The zero-order valence-electron chi connectivity index (χ0n) is 21.7. The molecule has 2 aliphatic heterocycles. The molecule has 0 amide bonds. The van der Waals surface area contributed by atoms with Gasteiger partial charge in [-0.15, -0.1) is 11.8 Å². The summed E-state index contributed by atoms with van der Waals surface area (Å²) in [5, 5.41) is 0. The van der Waals surface area contributed by atoms with Crippen LogP contribution in [0.25, 0.3) is 16.7 Å². The van der Waals surface area contributed by atoms with Crippen LogP contribution in [0, 0.1) is 0 Å². The summed E-state index contributed by atoms with van der Waals surface area (Å²) in [7, 11) is 0. The second kappa shape index (κ2) is 7.81. The summed E-state index contributed by atoms with van der Waals surface area (Å²) in [5.74, 6) is 1.15. The van der Waals surface area contributed by atoms with E-state index in [1.807, 2.05) is 23.5 Å². The highest BCUT2D eigenvalue weighted by molar-refractivity contribution is 7.99. The Kier molecular flexibility index (Phi) is 4.48. The van der Waals surface area contributed by atoms with E-state index in [1.54, 1.807) is 0 Å². The Hall–Kier alpha value is -3.46. The van der Waals surface area contributed by atoms with E-state index in [-0.39, 0.29) is 10.8 Å². The Balaban J connectivity index is 1.41. The maximum Gasteiger partial charge on any atom is 0.0735 e. The average molecular weight is 535 g/mol. The largest absolute Gasteiger partial charge is 0.126 e. The molecule has 186 valence electrons. The maximum atomic E-state index is 2.59. The molecule has 0 N–H and O–H groups in total. The quantitative estimate of drug-likeness (QED) is 0.190. The van der Waals surface area contributed by atoms with Crippen molar-refractivity contribution in [3.05, 3.63) is 154 Å². The van der Waals surface area contributed by atoms with Crippen LogP contribution < -0.4 is 0 Å². The first-order valence-electron chi connectivity index (χ1n) is 13.8. The van der Waals surface area contributed by atoms with E-state index < -0.39 is 0 Å². The predicted octanol–water partition coefficient (Wildman–Crippen LogP) is 9.71. The zero-order chi connectivity index (χ0) is 25.8. The predicted molar refractivity (Wildman–Crippen MR) is 164 cm³/mol. The number of hydrogen-bond acceptors (Lipinski definition) is 2. The molecule has 2 heteroatoms. The zero-order valence-corrected chi connectivity index (χ0v) is 23.3. The van der Waals surface area contributed by atoms with Crippen LogP contribution >= 0.6 is 23.5 Å². The lowest BCUT2D eigenvalue weighted by Crippen LogP contribution is -2.32. The summed E-state index contributed by atoms with van der Waals surface area (Å²) in [5.41, 5.74) is 13.9. The molecular formula is C37H26S2. The first kappa shape index (κ1) is 22.4. The lowest BCUT2D eigenvalue weighted by molar-refractivity contribution is 0.611. The highest BCUT2D eigenvalue weighted by atomic mass is 32.2. The summed E-state index contributed by atoms with van der Waals surface area (Å²) < 4.78 is 0. The van der Waals surface area contributed by atoms with Gasteiger partial charge in [-0.1, -0.05) is 96.7 Å². The van der Waals surface area contributed by atoms with Crippen molar-refractivity contribution >= 4 is 29.1 Å². The first-order chi connectivity index (χ1) is 19.2. The summed E-state index contributed by atoms with van der Waals surface area (Å²) in [4.78, 5) is 4.16. The van der Waals surface area contributed by atoms with Gasteiger partial charge in [0.15, 0.2) is 0 Å². The summed E-state index contributed by atoms with van der Waals surface area (Å²) in [6.45, 7) is 2.33. The van der Waals surface area contributed by atoms with Crippen LogP contribution in [0.4, 0.5) is 0 Å². The van der Waals surface area contributed by atoms with Crippen molar-refractivity contribution in [3.63, 3.8) is 0 Å². The normalized spacial score (nSPS) is 20.5. The minimum absolute atomic E-state index is 0.0424. The van der Waals surface area contributed by atoms with Gasteiger partial charge in [0.1, 0.15) is 0 Å². The monoisotopic (exact) mass is 534 g/mol. The fraction of sp³-hybridized carbons (Fsp3) is 0.135. The summed E-state index contributed by atoms with van der Waals surface area (Å²) in [6.07, 6.45) is 3.73. The second-order valence-corrected chi connectivity index (χ2v) is 13.4. The number of benzene rings is 5. The van der Waals surface area contributed by atoms with Crippen LogP contribution in [0.3, 0.4) is 0 Å². The van der Waals surface area contributed by atoms with Gasteiger partial charge < -0.3 is 0 Å². The smallest absolute Gasteiger partial charge is 0.0735 e. The van der Waals surface area contributed by atoms with Gasteiger partial charge in [0.25, 0.3) is 0 Å². The molecular weight excluding hydrogens is 509 g/mol. The molecule has 0 radical (unpaired) electrons. The lowest BCUT2D eigenvalue weighted by atomic mass is 9.66. The second-order valence-electron chi connectivity index (χ2n) is 11.2. The lowest BCUT2D eigenvalue weighted by Gasteiger charge is -2.40. The number of rotatable bonds is 0. The molecule has 0 saturated heterocycles. The Labute approximate surface area is 238 Å². The van der Waals surface area contributed by atoms with Gasteiger partial charge in [0.05, 0.1) is 5.41 Å². The van der Waals surface area contributed by atoms with E-state index in [2.05, 4.69) is 122 Å². The minimum atomic E-state index is -0.310. The van der Waals surface area contributed by atoms with E-state index >= 15 is 0 Å². The maximum absolute atomic E-state index is 2.59.